The number of aryl methyl sites for hydroxylation is 1. The van der Waals surface area contributed by atoms with Crippen molar-refractivity contribution < 1.29 is 22.3 Å². The number of halogens is 4. The van der Waals surface area contributed by atoms with Crippen molar-refractivity contribution in [3.8, 4) is 5.75 Å². The highest BCUT2D eigenvalue weighted by atomic mass is 19.4. The van der Waals surface area contributed by atoms with Crippen LogP contribution in [-0.4, -0.2) is 42.7 Å². The predicted octanol–water partition coefficient (Wildman–Crippen LogP) is 6.02. The molecule has 2 heterocycles. The van der Waals surface area contributed by atoms with Crippen LogP contribution in [0.2, 0.25) is 0 Å². The van der Waals surface area contributed by atoms with E-state index in [1.54, 1.807) is 31.3 Å². The summed E-state index contributed by atoms with van der Waals surface area (Å²) < 4.78 is 58.9. The summed E-state index contributed by atoms with van der Waals surface area (Å²) in [7, 11) is 0. The summed E-state index contributed by atoms with van der Waals surface area (Å²) in [6.07, 6.45) is -0.733. The van der Waals surface area contributed by atoms with Crippen LogP contribution >= 0.6 is 0 Å². The number of ether oxygens (including phenoxy) is 1. The second-order valence-corrected chi connectivity index (χ2v) is 9.28. The number of alkyl halides is 3. The van der Waals surface area contributed by atoms with E-state index in [1.807, 2.05) is 18.2 Å². The molecule has 4 nitrogen and oxygen atoms in total. The van der Waals surface area contributed by atoms with Gasteiger partial charge in [0.25, 0.3) is 0 Å². The van der Waals surface area contributed by atoms with Crippen LogP contribution in [0, 0.1) is 18.7 Å². The summed E-state index contributed by atoms with van der Waals surface area (Å²) in [5.41, 5.74) is 1.66. The van der Waals surface area contributed by atoms with Crippen molar-refractivity contribution in [2.75, 3.05) is 32.8 Å². The van der Waals surface area contributed by atoms with Crippen LogP contribution in [0.15, 0.2) is 66.9 Å². The molecule has 2 aromatic carbocycles. The largest absolute Gasteiger partial charge is 0.492 e. The fourth-order valence-corrected chi connectivity index (χ4v) is 4.57. The second kappa shape index (κ2) is 11.8. The summed E-state index contributed by atoms with van der Waals surface area (Å²) in [5, 5.41) is 3.61. The van der Waals surface area contributed by atoms with Crippen molar-refractivity contribution >= 4 is 0 Å². The molecule has 1 fully saturated rings. The van der Waals surface area contributed by atoms with Crippen LogP contribution in [-0.2, 0) is 6.18 Å². The highest BCUT2D eigenvalue weighted by Gasteiger charge is 2.34. The third kappa shape index (κ3) is 7.04. The molecule has 1 saturated heterocycles. The number of nitrogens with zero attached hydrogens (tertiary/aromatic N) is 2. The lowest BCUT2D eigenvalue weighted by Crippen LogP contribution is -2.40. The van der Waals surface area contributed by atoms with E-state index < -0.39 is 11.7 Å². The first-order valence-corrected chi connectivity index (χ1v) is 12.2. The number of likely N-dealkylation sites (tertiary alicyclic amines) is 1. The molecule has 0 bridgehead atoms. The Morgan fingerprint density at radius 3 is 2.47 bits per heavy atom. The molecular weight excluding hydrogens is 470 g/mol. The first kappa shape index (κ1) is 26.1. The van der Waals surface area contributed by atoms with E-state index in [9.17, 15) is 17.6 Å². The van der Waals surface area contributed by atoms with Crippen molar-refractivity contribution in [2.45, 2.75) is 32.0 Å². The van der Waals surface area contributed by atoms with E-state index in [-0.39, 0.29) is 24.2 Å². The van der Waals surface area contributed by atoms with E-state index in [4.69, 9.17) is 4.74 Å². The minimum Gasteiger partial charge on any atom is -0.492 e. The van der Waals surface area contributed by atoms with Gasteiger partial charge >= 0.3 is 6.18 Å². The smallest absolute Gasteiger partial charge is 0.419 e. The van der Waals surface area contributed by atoms with Crippen molar-refractivity contribution in [2.24, 2.45) is 5.92 Å². The summed E-state index contributed by atoms with van der Waals surface area (Å²) in [6.45, 7) is 4.94. The average Bonchev–Trinajstić information content (AvgIpc) is 2.87. The molecule has 1 N–H and O–H groups in total. The number of hydrogen-bond donors (Lipinski definition) is 1. The van der Waals surface area contributed by atoms with Crippen LogP contribution in [0.4, 0.5) is 17.6 Å². The number of aromatic nitrogens is 1. The van der Waals surface area contributed by atoms with E-state index in [2.05, 4.69) is 15.2 Å². The molecule has 0 spiro atoms. The van der Waals surface area contributed by atoms with Crippen LogP contribution in [0.1, 0.15) is 41.3 Å². The van der Waals surface area contributed by atoms with Gasteiger partial charge in [0.2, 0.25) is 0 Å². The molecule has 36 heavy (non-hydrogen) atoms. The summed E-state index contributed by atoms with van der Waals surface area (Å²) in [5.74, 6) is 0.0724. The van der Waals surface area contributed by atoms with Crippen molar-refractivity contribution in [3.05, 3.63) is 95.1 Å². The zero-order chi connectivity index (χ0) is 25.5. The molecule has 1 atom stereocenters. The lowest BCUT2D eigenvalue weighted by atomic mass is 9.95. The third-order valence-electron chi connectivity index (χ3n) is 6.61. The van der Waals surface area contributed by atoms with Gasteiger partial charge in [-0.15, -0.1) is 0 Å². The van der Waals surface area contributed by atoms with Gasteiger partial charge in [-0.1, -0.05) is 29.8 Å². The van der Waals surface area contributed by atoms with Crippen molar-refractivity contribution in [1.82, 2.24) is 15.2 Å². The number of hydrogen-bond acceptors (Lipinski definition) is 4. The molecule has 8 heteroatoms. The Balaban J connectivity index is 1.26. The highest BCUT2D eigenvalue weighted by molar-refractivity contribution is 5.39. The number of piperidine rings is 1. The third-order valence-corrected chi connectivity index (χ3v) is 6.61. The van der Waals surface area contributed by atoms with Crippen molar-refractivity contribution in [1.29, 1.82) is 0 Å². The molecule has 0 amide bonds. The minimum atomic E-state index is -4.44. The van der Waals surface area contributed by atoms with Crippen LogP contribution in [0.25, 0.3) is 0 Å². The normalized spacial score (nSPS) is 16.1. The van der Waals surface area contributed by atoms with Gasteiger partial charge in [-0.3, -0.25) is 9.88 Å². The summed E-state index contributed by atoms with van der Waals surface area (Å²) in [4.78, 5) is 6.72. The van der Waals surface area contributed by atoms with Gasteiger partial charge in [0, 0.05) is 12.7 Å². The van der Waals surface area contributed by atoms with Gasteiger partial charge in [0.05, 0.1) is 17.3 Å². The summed E-state index contributed by atoms with van der Waals surface area (Å²) >= 11 is 0. The fraction of sp³-hybridized carbons (Fsp3) is 0.393. The molecule has 192 valence electrons. The van der Waals surface area contributed by atoms with Crippen LogP contribution < -0.4 is 10.1 Å². The van der Waals surface area contributed by atoms with Gasteiger partial charge in [0.1, 0.15) is 18.2 Å². The minimum absolute atomic E-state index is 0.117. The van der Waals surface area contributed by atoms with Gasteiger partial charge in [-0.25, -0.2) is 4.39 Å². The molecule has 1 aromatic heterocycles. The van der Waals surface area contributed by atoms with E-state index in [0.717, 1.165) is 49.8 Å². The Labute approximate surface area is 209 Å². The first-order chi connectivity index (χ1) is 17.3. The van der Waals surface area contributed by atoms with E-state index in [1.165, 1.54) is 18.2 Å². The Morgan fingerprint density at radius 2 is 1.81 bits per heavy atom. The zero-order valence-electron chi connectivity index (χ0n) is 20.3. The lowest BCUT2D eigenvalue weighted by Gasteiger charge is -2.33. The topological polar surface area (TPSA) is 37.4 Å². The SMILES string of the molecule is Cc1ccc(OCCN2CCC(CNC(c3ccc(F)cc3)c3ccccn3)CC2)c(C(F)(F)F)c1. The molecule has 1 aliphatic rings. The lowest BCUT2D eigenvalue weighted by molar-refractivity contribution is -0.139. The second-order valence-electron chi connectivity index (χ2n) is 9.28. The van der Waals surface area contributed by atoms with Crippen LogP contribution in [0.5, 0.6) is 5.75 Å². The average molecular weight is 502 g/mol. The van der Waals surface area contributed by atoms with E-state index >= 15 is 0 Å². The highest BCUT2D eigenvalue weighted by Crippen LogP contribution is 2.36. The molecule has 0 radical (unpaired) electrons. The number of benzene rings is 2. The van der Waals surface area contributed by atoms with Crippen molar-refractivity contribution in [3.63, 3.8) is 0 Å². The fourth-order valence-electron chi connectivity index (χ4n) is 4.57. The molecule has 4 rings (SSSR count). The maximum absolute atomic E-state index is 13.4. The number of nitrogens with one attached hydrogen (secondary N) is 1. The quantitative estimate of drug-likeness (QED) is 0.364. The zero-order valence-corrected chi connectivity index (χ0v) is 20.3. The Hall–Kier alpha value is -2.97. The Morgan fingerprint density at radius 1 is 1.06 bits per heavy atom. The van der Waals surface area contributed by atoms with Gasteiger partial charge in [-0.2, -0.15) is 13.2 Å². The Bertz CT molecular complexity index is 1100. The molecule has 0 aliphatic carbocycles. The van der Waals surface area contributed by atoms with Crippen LogP contribution in [0.3, 0.4) is 0 Å². The standard InChI is InChI=1S/C28H31F4N3O/c1-20-5-10-26(24(18-20)28(30,31)32)36-17-16-35-14-11-21(12-15-35)19-34-27(25-4-2-3-13-33-25)22-6-8-23(29)9-7-22/h2-10,13,18,21,27,34H,11-12,14-17,19H2,1H3. The maximum Gasteiger partial charge on any atom is 0.419 e. The van der Waals surface area contributed by atoms with Gasteiger partial charge < -0.3 is 10.1 Å². The number of rotatable bonds is 9. The van der Waals surface area contributed by atoms with Gasteiger partial charge in [0.15, 0.2) is 0 Å². The molecule has 1 unspecified atom stereocenters. The molecule has 0 saturated carbocycles. The molecule has 1 aliphatic heterocycles. The predicted molar refractivity (Wildman–Crippen MR) is 131 cm³/mol. The summed E-state index contributed by atoms with van der Waals surface area (Å²) in [6, 6.07) is 16.3. The molecular formula is C28H31F4N3O. The maximum atomic E-state index is 13.4. The molecule has 3 aromatic rings. The van der Waals surface area contributed by atoms with E-state index in [0.29, 0.717) is 18.0 Å². The van der Waals surface area contributed by atoms with Gasteiger partial charge in [-0.05, 0) is 87.3 Å². The number of pyridine rings is 1. The Kier molecular flexibility index (Phi) is 8.59. The monoisotopic (exact) mass is 501 g/mol. The first-order valence-electron chi connectivity index (χ1n) is 12.2.